The maximum absolute atomic E-state index is 10.5. The van der Waals surface area contributed by atoms with Gasteiger partial charge in [0.2, 0.25) is 0 Å². The number of hydrogen-bond donors (Lipinski definition) is 1. The van der Waals surface area contributed by atoms with E-state index >= 15 is 0 Å². The van der Waals surface area contributed by atoms with E-state index in [9.17, 15) is 4.79 Å². The van der Waals surface area contributed by atoms with E-state index in [0.717, 1.165) is 12.5 Å². The fourth-order valence-electron chi connectivity index (χ4n) is 1.32. The Balaban J connectivity index is 2.81. The summed E-state index contributed by atoms with van der Waals surface area (Å²) in [5, 5.41) is 9.05. The maximum Gasteiger partial charge on any atom is 0.328 e. The average molecular weight is 265 g/mol. The van der Waals surface area contributed by atoms with Crippen molar-refractivity contribution in [3.8, 4) is 18.1 Å². The van der Waals surface area contributed by atoms with Gasteiger partial charge >= 0.3 is 5.97 Å². The second-order valence-corrected chi connectivity index (χ2v) is 3.89. The van der Waals surface area contributed by atoms with Gasteiger partial charge < -0.3 is 9.84 Å². The second kappa shape index (κ2) is 7.41. The molecule has 0 aliphatic rings. The number of terminal acetylenes is 1. The lowest BCUT2D eigenvalue weighted by Gasteiger charge is -2.10. The molecule has 0 saturated heterocycles. The van der Waals surface area contributed by atoms with Crippen molar-refractivity contribution in [3.05, 3.63) is 34.9 Å². The third-order valence-corrected chi connectivity index (χ3v) is 2.41. The number of halogens is 1. The number of carboxylic acid groups (broad SMARTS) is 1. The Morgan fingerprint density at radius 3 is 3.00 bits per heavy atom. The quantitative estimate of drug-likeness (QED) is 0.487. The minimum Gasteiger partial charge on any atom is -0.491 e. The zero-order valence-electron chi connectivity index (χ0n) is 9.73. The minimum atomic E-state index is -1.02. The molecule has 18 heavy (non-hydrogen) atoms. The van der Waals surface area contributed by atoms with Crippen molar-refractivity contribution in [1.29, 1.82) is 0 Å². The second-order valence-electron chi connectivity index (χ2n) is 3.49. The highest BCUT2D eigenvalue weighted by atomic mass is 35.5. The number of rotatable bonds is 6. The SMILES string of the molecule is C#CCCCOc1c(Cl)cccc1/C=C/C(=O)O. The van der Waals surface area contributed by atoms with Crippen LogP contribution in [0.5, 0.6) is 5.75 Å². The summed E-state index contributed by atoms with van der Waals surface area (Å²) < 4.78 is 5.53. The zero-order valence-corrected chi connectivity index (χ0v) is 10.5. The van der Waals surface area contributed by atoms with Crippen molar-refractivity contribution in [3.63, 3.8) is 0 Å². The molecule has 3 nitrogen and oxygen atoms in total. The number of carboxylic acids is 1. The van der Waals surface area contributed by atoms with Gasteiger partial charge in [0.05, 0.1) is 11.6 Å². The van der Waals surface area contributed by atoms with Gasteiger partial charge in [-0.3, -0.25) is 0 Å². The molecular formula is C14H13ClO3. The van der Waals surface area contributed by atoms with E-state index in [0.29, 0.717) is 29.4 Å². The summed E-state index contributed by atoms with van der Waals surface area (Å²) in [6.07, 6.45) is 8.99. The predicted molar refractivity (Wildman–Crippen MR) is 71.7 cm³/mol. The molecule has 0 bridgehead atoms. The van der Waals surface area contributed by atoms with Crippen LogP contribution in [0.2, 0.25) is 5.02 Å². The van der Waals surface area contributed by atoms with E-state index in [1.54, 1.807) is 18.2 Å². The Morgan fingerprint density at radius 2 is 2.33 bits per heavy atom. The summed E-state index contributed by atoms with van der Waals surface area (Å²) in [4.78, 5) is 10.5. The van der Waals surface area contributed by atoms with Crippen LogP contribution in [-0.4, -0.2) is 17.7 Å². The lowest BCUT2D eigenvalue weighted by atomic mass is 10.2. The molecule has 4 heteroatoms. The van der Waals surface area contributed by atoms with Crippen molar-refractivity contribution >= 4 is 23.6 Å². The third-order valence-electron chi connectivity index (χ3n) is 2.11. The van der Waals surface area contributed by atoms with Crippen LogP contribution in [0, 0.1) is 12.3 Å². The fourth-order valence-corrected chi connectivity index (χ4v) is 1.55. The van der Waals surface area contributed by atoms with E-state index in [4.69, 9.17) is 27.9 Å². The van der Waals surface area contributed by atoms with Gasteiger partial charge in [-0.1, -0.05) is 23.7 Å². The Kier molecular flexibility index (Phi) is 5.83. The molecule has 0 saturated carbocycles. The van der Waals surface area contributed by atoms with Crippen molar-refractivity contribution in [2.75, 3.05) is 6.61 Å². The first-order chi connectivity index (χ1) is 8.65. The molecule has 0 radical (unpaired) electrons. The van der Waals surface area contributed by atoms with Gasteiger partial charge in [-0.05, 0) is 18.6 Å². The predicted octanol–water partition coefficient (Wildman–Crippen LogP) is 3.23. The van der Waals surface area contributed by atoms with E-state index in [2.05, 4.69) is 5.92 Å². The van der Waals surface area contributed by atoms with Gasteiger partial charge in [0.15, 0.2) is 0 Å². The summed E-state index contributed by atoms with van der Waals surface area (Å²) in [7, 11) is 0. The third kappa shape index (κ3) is 4.52. The lowest BCUT2D eigenvalue weighted by molar-refractivity contribution is -0.131. The van der Waals surface area contributed by atoms with E-state index in [-0.39, 0.29) is 0 Å². The van der Waals surface area contributed by atoms with Crippen LogP contribution >= 0.6 is 11.6 Å². The van der Waals surface area contributed by atoms with Gasteiger partial charge in [-0.25, -0.2) is 4.79 Å². The molecule has 0 aliphatic carbocycles. The number of benzene rings is 1. The Morgan fingerprint density at radius 1 is 1.56 bits per heavy atom. The number of unbranched alkanes of at least 4 members (excludes halogenated alkanes) is 1. The summed E-state index contributed by atoms with van der Waals surface area (Å²) in [5.74, 6) is 1.98. The van der Waals surface area contributed by atoms with E-state index in [1.165, 1.54) is 6.08 Å². The first-order valence-corrected chi connectivity index (χ1v) is 5.78. The molecule has 0 fully saturated rings. The Hall–Kier alpha value is -1.92. The highest BCUT2D eigenvalue weighted by Crippen LogP contribution is 2.29. The van der Waals surface area contributed by atoms with Gasteiger partial charge in [0, 0.05) is 18.1 Å². The van der Waals surface area contributed by atoms with Gasteiger partial charge in [-0.2, -0.15) is 0 Å². The fraction of sp³-hybridized carbons (Fsp3) is 0.214. The van der Waals surface area contributed by atoms with Crippen molar-refractivity contribution in [2.45, 2.75) is 12.8 Å². The molecule has 1 N–H and O–H groups in total. The first kappa shape index (κ1) is 14.1. The maximum atomic E-state index is 10.5. The van der Waals surface area contributed by atoms with Crippen LogP contribution in [0.4, 0.5) is 0 Å². The number of aliphatic carboxylic acids is 1. The molecule has 94 valence electrons. The van der Waals surface area contributed by atoms with Crippen molar-refractivity contribution in [1.82, 2.24) is 0 Å². The number of carbonyl (C=O) groups is 1. The highest BCUT2D eigenvalue weighted by molar-refractivity contribution is 6.32. The van der Waals surface area contributed by atoms with Crippen LogP contribution in [0.1, 0.15) is 18.4 Å². The summed E-state index contributed by atoms with van der Waals surface area (Å²) >= 11 is 6.01. The number of para-hydroxylation sites is 1. The van der Waals surface area contributed by atoms with E-state index < -0.39 is 5.97 Å². The smallest absolute Gasteiger partial charge is 0.328 e. The number of hydrogen-bond acceptors (Lipinski definition) is 2. The van der Waals surface area contributed by atoms with Crippen LogP contribution in [0.25, 0.3) is 6.08 Å². The van der Waals surface area contributed by atoms with Crippen molar-refractivity contribution < 1.29 is 14.6 Å². The standard InChI is InChI=1S/C14H13ClO3/c1-2-3-4-10-18-14-11(8-9-13(16)17)6-5-7-12(14)15/h1,5-9H,3-4,10H2,(H,16,17)/b9-8+. The molecule has 1 aromatic carbocycles. The minimum absolute atomic E-state index is 0.446. The zero-order chi connectivity index (χ0) is 13.4. The molecule has 1 rings (SSSR count). The molecule has 0 heterocycles. The largest absolute Gasteiger partial charge is 0.491 e. The van der Waals surface area contributed by atoms with E-state index in [1.807, 2.05) is 0 Å². The van der Waals surface area contributed by atoms with Crippen LogP contribution < -0.4 is 4.74 Å². The Labute approximate surface area is 111 Å². The van der Waals surface area contributed by atoms with Crippen molar-refractivity contribution in [2.24, 2.45) is 0 Å². The monoisotopic (exact) mass is 264 g/mol. The van der Waals surface area contributed by atoms with Crippen LogP contribution in [-0.2, 0) is 4.79 Å². The van der Waals surface area contributed by atoms with Gasteiger partial charge in [0.25, 0.3) is 0 Å². The molecule has 0 amide bonds. The molecule has 0 aromatic heterocycles. The molecule has 0 unspecified atom stereocenters. The molecule has 0 aliphatic heterocycles. The lowest BCUT2D eigenvalue weighted by Crippen LogP contribution is -1.99. The first-order valence-electron chi connectivity index (χ1n) is 5.41. The molecule has 0 spiro atoms. The summed E-state index contributed by atoms with van der Waals surface area (Å²) in [6.45, 7) is 0.446. The molecule has 1 aromatic rings. The molecular weight excluding hydrogens is 252 g/mol. The van der Waals surface area contributed by atoms with Crippen LogP contribution in [0.3, 0.4) is 0 Å². The van der Waals surface area contributed by atoms with Crippen LogP contribution in [0.15, 0.2) is 24.3 Å². The highest BCUT2D eigenvalue weighted by Gasteiger charge is 2.06. The topological polar surface area (TPSA) is 46.5 Å². The summed E-state index contributed by atoms with van der Waals surface area (Å²) in [5.41, 5.74) is 0.630. The normalized spacial score (nSPS) is 10.2. The average Bonchev–Trinajstić information content (AvgIpc) is 2.34. The Bertz CT molecular complexity index is 486. The van der Waals surface area contributed by atoms with Gasteiger partial charge in [-0.15, -0.1) is 12.3 Å². The number of ether oxygens (including phenoxy) is 1. The molecule has 0 atom stereocenters. The summed E-state index contributed by atoms with van der Waals surface area (Å²) in [6, 6.07) is 5.16. The van der Waals surface area contributed by atoms with Gasteiger partial charge in [0.1, 0.15) is 5.75 Å².